The number of nitrogens with one attached hydrogen (secondary N) is 2. The fraction of sp³-hybridized carbons (Fsp3) is 0.545. The number of nitrogens with zero attached hydrogens (tertiary/aromatic N) is 2. The van der Waals surface area contributed by atoms with Gasteiger partial charge in [-0.1, -0.05) is 0 Å². The number of carbonyl (C=O) groups excluding carboxylic acids is 1. The first-order valence-corrected chi connectivity index (χ1v) is 6.75. The van der Waals surface area contributed by atoms with Gasteiger partial charge in [0, 0.05) is 13.1 Å². The molecule has 1 atom stereocenters. The first kappa shape index (κ1) is 14.0. The SMILES string of the molecule is CC(Nc1nc[nH]c(=O)c1Br)C(=O)N1CCOCC1. The Labute approximate surface area is 118 Å². The van der Waals surface area contributed by atoms with Gasteiger partial charge in [0.15, 0.2) is 0 Å². The zero-order valence-corrected chi connectivity index (χ0v) is 12.1. The van der Waals surface area contributed by atoms with Crippen molar-refractivity contribution in [1.82, 2.24) is 14.9 Å². The molecular formula is C11H15BrN4O3. The summed E-state index contributed by atoms with van der Waals surface area (Å²) < 4.78 is 5.49. The monoisotopic (exact) mass is 330 g/mol. The van der Waals surface area contributed by atoms with Crippen LogP contribution in [0.2, 0.25) is 0 Å². The van der Waals surface area contributed by atoms with Crippen LogP contribution in [0.25, 0.3) is 0 Å². The molecule has 7 nitrogen and oxygen atoms in total. The van der Waals surface area contributed by atoms with Gasteiger partial charge >= 0.3 is 0 Å². The highest BCUT2D eigenvalue weighted by Crippen LogP contribution is 2.15. The summed E-state index contributed by atoms with van der Waals surface area (Å²) in [6, 6.07) is -0.455. The van der Waals surface area contributed by atoms with E-state index in [1.807, 2.05) is 0 Å². The number of H-pyrrole nitrogens is 1. The van der Waals surface area contributed by atoms with Gasteiger partial charge in [-0.15, -0.1) is 0 Å². The van der Waals surface area contributed by atoms with E-state index in [0.717, 1.165) is 0 Å². The number of rotatable bonds is 3. The highest BCUT2D eigenvalue weighted by Gasteiger charge is 2.23. The summed E-state index contributed by atoms with van der Waals surface area (Å²) in [5, 5.41) is 2.94. The molecule has 8 heteroatoms. The predicted molar refractivity (Wildman–Crippen MR) is 73.0 cm³/mol. The second-order valence-electron chi connectivity index (χ2n) is 4.20. The van der Waals surface area contributed by atoms with E-state index in [0.29, 0.717) is 32.1 Å². The third-order valence-electron chi connectivity index (χ3n) is 2.84. The molecule has 2 rings (SSSR count). The van der Waals surface area contributed by atoms with Crippen LogP contribution < -0.4 is 10.9 Å². The molecule has 0 saturated carbocycles. The molecule has 0 radical (unpaired) electrons. The molecular weight excluding hydrogens is 316 g/mol. The van der Waals surface area contributed by atoms with Crippen LogP contribution in [0, 0.1) is 0 Å². The zero-order valence-electron chi connectivity index (χ0n) is 10.5. The van der Waals surface area contributed by atoms with E-state index in [1.54, 1.807) is 11.8 Å². The fourth-order valence-corrected chi connectivity index (χ4v) is 2.14. The molecule has 1 fully saturated rings. The second-order valence-corrected chi connectivity index (χ2v) is 4.99. The van der Waals surface area contributed by atoms with Gasteiger partial charge in [0.1, 0.15) is 16.3 Å². The van der Waals surface area contributed by atoms with Crippen LogP contribution in [0.5, 0.6) is 0 Å². The number of amides is 1. The van der Waals surface area contributed by atoms with Gasteiger partial charge < -0.3 is 19.9 Å². The molecule has 19 heavy (non-hydrogen) atoms. The first-order chi connectivity index (χ1) is 9.09. The van der Waals surface area contributed by atoms with Crippen molar-refractivity contribution < 1.29 is 9.53 Å². The Hall–Kier alpha value is -1.41. The molecule has 0 aliphatic carbocycles. The number of hydrogen-bond donors (Lipinski definition) is 2. The van der Waals surface area contributed by atoms with Crippen molar-refractivity contribution in [1.29, 1.82) is 0 Å². The van der Waals surface area contributed by atoms with Gasteiger partial charge in [0.05, 0.1) is 19.5 Å². The molecule has 1 aromatic heterocycles. The summed E-state index contributed by atoms with van der Waals surface area (Å²) in [6.07, 6.45) is 1.29. The molecule has 1 amide bonds. The molecule has 2 N–H and O–H groups in total. The van der Waals surface area contributed by atoms with Gasteiger partial charge in [-0.25, -0.2) is 4.98 Å². The summed E-state index contributed by atoms with van der Waals surface area (Å²) in [4.78, 5) is 31.8. The topological polar surface area (TPSA) is 87.3 Å². The van der Waals surface area contributed by atoms with Crippen molar-refractivity contribution in [2.75, 3.05) is 31.6 Å². The predicted octanol–water partition coefficient (Wildman–Crippen LogP) is 0.192. The number of ether oxygens (including phenoxy) is 1. The summed E-state index contributed by atoms with van der Waals surface area (Å²) in [6.45, 7) is 4.05. The average Bonchev–Trinajstić information content (AvgIpc) is 2.44. The maximum atomic E-state index is 12.2. The van der Waals surface area contributed by atoms with E-state index in [-0.39, 0.29) is 15.9 Å². The number of hydrogen-bond acceptors (Lipinski definition) is 5. The Morgan fingerprint density at radius 3 is 2.95 bits per heavy atom. The summed E-state index contributed by atoms with van der Waals surface area (Å²) in [5.74, 6) is 0.329. The number of anilines is 1. The van der Waals surface area contributed by atoms with Crippen LogP contribution in [0.1, 0.15) is 6.92 Å². The molecule has 0 aromatic carbocycles. The van der Waals surface area contributed by atoms with E-state index < -0.39 is 6.04 Å². The number of carbonyl (C=O) groups is 1. The lowest BCUT2D eigenvalue weighted by molar-refractivity contribution is -0.135. The fourth-order valence-electron chi connectivity index (χ4n) is 1.81. The number of aromatic amines is 1. The maximum Gasteiger partial charge on any atom is 0.267 e. The van der Waals surface area contributed by atoms with E-state index >= 15 is 0 Å². The van der Waals surface area contributed by atoms with E-state index in [4.69, 9.17) is 4.74 Å². The highest BCUT2D eigenvalue weighted by molar-refractivity contribution is 9.10. The van der Waals surface area contributed by atoms with Crippen LogP contribution in [-0.2, 0) is 9.53 Å². The number of morpholine rings is 1. The van der Waals surface area contributed by atoms with Crippen LogP contribution >= 0.6 is 15.9 Å². The minimum Gasteiger partial charge on any atom is -0.378 e. The second kappa shape index (κ2) is 6.16. The molecule has 1 aliphatic heterocycles. The zero-order chi connectivity index (χ0) is 13.8. The van der Waals surface area contributed by atoms with Crippen molar-refractivity contribution in [2.45, 2.75) is 13.0 Å². The summed E-state index contributed by atoms with van der Waals surface area (Å²) >= 11 is 3.14. The molecule has 1 aliphatic rings. The Bertz CT molecular complexity index is 513. The third-order valence-corrected chi connectivity index (χ3v) is 3.58. The van der Waals surface area contributed by atoms with Crippen LogP contribution in [-0.4, -0.2) is 53.1 Å². The Kier molecular flexibility index (Phi) is 4.54. The van der Waals surface area contributed by atoms with Crippen LogP contribution in [0.4, 0.5) is 5.82 Å². The lowest BCUT2D eigenvalue weighted by Crippen LogP contribution is -2.47. The molecule has 1 unspecified atom stereocenters. The standard InChI is InChI=1S/C11H15BrN4O3/c1-7(11(18)16-2-4-19-5-3-16)15-9-8(12)10(17)14-6-13-9/h6-7H,2-5H2,1H3,(H2,13,14,15,17). The van der Waals surface area contributed by atoms with E-state index in [2.05, 4.69) is 31.2 Å². The molecule has 2 heterocycles. The molecule has 1 saturated heterocycles. The van der Waals surface area contributed by atoms with Crippen molar-refractivity contribution in [2.24, 2.45) is 0 Å². The Morgan fingerprint density at radius 2 is 2.26 bits per heavy atom. The van der Waals surface area contributed by atoms with Crippen molar-refractivity contribution in [3.05, 3.63) is 21.2 Å². The summed E-state index contributed by atoms with van der Waals surface area (Å²) in [7, 11) is 0. The van der Waals surface area contributed by atoms with Crippen molar-refractivity contribution in [3.8, 4) is 0 Å². The van der Waals surface area contributed by atoms with Gasteiger partial charge in [-0.2, -0.15) is 0 Å². The summed E-state index contributed by atoms with van der Waals surface area (Å²) in [5.41, 5.74) is -0.288. The van der Waals surface area contributed by atoms with Gasteiger partial charge in [-0.05, 0) is 22.9 Å². The Morgan fingerprint density at radius 1 is 1.58 bits per heavy atom. The lowest BCUT2D eigenvalue weighted by atomic mass is 10.2. The minimum atomic E-state index is -0.455. The molecule has 104 valence electrons. The quantitative estimate of drug-likeness (QED) is 0.826. The smallest absolute Gasteiger partial charge is 0.267 e. The minimum absolute atomic E-state index is 0.0303. The molecule has 1 aromatic rings. The van der Waals surface area contributed by atoms with Gasteiger partial charge in [-0.3, -0.25) is 9.59 Å². The number of halogens is 1. The largest absolute Gasteiger partial charge is 0.378 e. The van der Waals surface area contributed by atoms with Gasteiger partial charge in [0.2, 0.25) is 5.91 Å². The Balaban J connectivity index is 2.03. The van der Waals surface area contributed by atoms with Crippen molar-refractivity contribution in [3.63, 3.8) is 0 Å². The number of aromatic nitrogens is 2. The average molecular weight is 331 g/mol. The molecule has 0 spiro atoms. The third kappa shape index (κ3) is 3.32. The maximum absolute atomic E-state index is 12.2. The van der Waals surface area contributed by atoms with Crippen LogP contribution in [0.3, 0.4) is 0 Å². The van der Waals surface area contributed by atoms with Crippen molar-refractivity contribution >= 4 is 27.7 Å². The van der Waals surface area contributed by atoms with Gasteiger partial charge in [0.25, 0.3) is 5.56 Å². The lowest BCUT2D eigenvalue weighted by Gasteiger charge is -2.29. The molecule has 0 bridgehead atoms. The highest BCUT2D eigenvalue weighted by atomic mass is 79.9. The normalized spacial score (nSPS) is 17.1. The van der Waals surface area contributed by atoms with Crippen LogP contribution in [0.15, 0.2) is 15.6 Å². The van der Waals surface area contributed by atoms with E-state index in [1.165, 1.54) is 6.33 Å². The first-order valence-electron chi connectivity index (χ1n) is 5.96. The van der Waals surface area contributed by atoms with E-state index in [9.17, 15) is 9.59 Å².